The van der Waals surface area contributed by atoms with Crippen molar-refractivity contribution in [3.63, 3.8) is 0 Å². The minimum absolute atomic E-state index is 0.408. The molecule has 0 saturated carbocycles. The summed E-state index contributed by atoms with van der Waals surface area (Å²) in [6.07, 6.45) is 0.359. The van der Waals surface area contributed by atoms with E-state index in [2.05, 4.69) is 53.7 Å². The smallest absolute Gasteiger partial charge is 0.0813 e. The molecule has 1 rings (SSSR count). The normalized spacial score (nSPS) is 13.4. The van der Waals surface area contributed by atoms with Crippen LogP contribution in [0.15, 0.2) is 28.7 Å². The molecule has 0 fully saturated rings. The second-order valence-corrected chi connectivity index (χ2v) is 7.18. The maximum Gasteiger partial charge on any atom is 0.0813 e. The van der Waals surface area contributed by atoms with Gasteiger partial charge in [0.1, 0.15) is 0 Å². The van der Waals surface area contributed by atoms with E-state index >= 15 is 0 Å². The summed E-state index contributed by atoms with van der Waals surface area (Å²) < 4.78 is 0.987. The third-order valence-corrected chi connectivity index (χ3v) is 4.19. The highest BCUT2D eigenvalue weighted by atomic mass is 79.9. The van der Waals surface area contributed by atoms with Crippen LogP contribution in [0, 0.1) is 5.92 Å². The first-order valence-electron chi connectivity index (χ1n) is 7.69. The molecule has 0 aliphatic carbocycles. The Morgan fingerprint density at radius 3 is 2.33 bits per heavy atom. The van der Waals surface area contributed by atoms with Gasteiger partial charge in [0.25, 0.3) is 0 Å². The van der Waals surface area contributed by atoms with E-state index < -0.39 is 6.10 Å². The first-order valence-corrected chi connectivity index (χ1v) is 8.49. The molecule has 1 unspecified atom stereocenters. The Morgan fingerprint density at radius 1 is 1.10 bits per heavy atom. The van der Waals surface area contributed by atoms with Gasteiger partial charge in [-0.3, -0.25) is 0 Å². The van der Waals surface area contributed by atoms with Gasteiger partial charge in [0.2, 0.25) is 0 Å². The number of halogens is 1. The van der Waals surface area contributed by atoms with Gasteiger partial charge >= 0.3 is 0 Å². The van der Waals surface area contributed by atoms with Crippen LogP contribution in [0.1, 0.15) is 31.9 Å². The van der Waals surface area contributed by atoms with Gasteiger partial charge in [-0.05, 0) is 38.1 Å². The number of rotatable bonds is 9. The average molecular weight is 357 g/mol. The molecule has 0 spiro atoms. The predicted molar refractivity (Wildman–Crippen MR) is 93.6 cm³/mol. The molecule has 0 radical (unpaired) electrons. The number of aliphatic hydroxyl groups is 1. The van der Waals surface area contributed by atoms with E-state index in [1.54, 1.807) is 0 Å². The molecule has 0 saturated heterocycles. The zero-order valence-electron chi connectivity index (χ0n) is 13.7. The number of likely N-dealkylation sites (N-methyl/N-ethyl adjacent to an activating group) is 1. The summed E-state index contributed by atoms with van der Waals surface area (Å²) in [5.74, 6) is 0.646. The van der Waals surface area contributed by atoms with Crippen LogP contribution in [-0.4, -0.2) is 55.2 Å². The van der Waals surface area contributed by atoms with Gasteiger partial charge in [0, 0.05) is 30.7 Å². The first-order chi connectivity index (χ1) is 9.90. The summed E-state index contributed by atoms with van der Waals surface area (Å²) in [5.41, 5.74) is 0.981. The van der Waals surface area contributed by atoms with Gasteiger partial charge in [0.05, 0.1) is 6.10 Å². The summed E-state index contributed by atoms with van der Waals surface area (Å²) in [6.45, 7) is 8.59. The lowest BCUT2D eigenvalue weighted by Crippen LogP contribution is -2.35. The SMILES string of the molecule is CC(C)CN(CCC(O)c1ccccc1Br)CCN(C)C. The van der Waals surface area contributed by atoms with Crippen molar-refractivity contribution in [2.24, 2.45) is 5.92 Å². The Morgan fingerprint density at radius 2 is 1.76 bits per heavy atom. The maximum atomic E-state index is 10.4. The van der Waals surface area contributed by atoms with Crippen molar-refractivity contribution in [3.05, 3.63) is 34.3 Å². The molecule has 21 heavy (non-hydrogen) atoms. The fourth-order valence-electron chi connectivity index (χ4n) is 2.36. The van der Waals surface area contributed by atoms with Crippen LogP contribution in [0.3, 0.4) is 0 Å². The van der Waals surface area contributed by atoms with Crippen molar-refractivity contribution in [1.82, 2.24) is 9.80 Å². The minimum atomic E-state index is -0.408. The zero-order chi connectivity index (χ0) is 15.8. The highest BCUT2D eigenvalue weighted by Gasteiger charge is 2.14. The van der Waals surface area contributed by atoms with Crippen LogP contribution in [0.25, 0.3) is 0 Å². The monoisotopic (exact) mass is 356 g/mol. The van der Waals surface area contributed by atoms with Crippen molar-refractivity contribution in [3.8, 4) is 0 Å². The average Bonchev–Trinajstić information content (AvgIpc) is 2.41. The number of aliphatic hydroxyl groups excluding tert-OH is 1. The van der Waals surface area contributed by atoms with E-state index in [0.29, 0.717) is 5.92 Å². The second-order valence-electron chi connectivity index (χ2n) is 6.32. The summed E-state index contributed by atoms with van der Waals surface area (Å²) in [5, 5.41) is 10.4. The Balaban J connectivity index is 2.53. The van der Waals surface area contributed by atoms with E-state index in [4.69, 9.17) is 0 Å². The Bertz CT molecular complexity index is 410. The Labute approximate surface area is 138 Å². The largest absolute Gasteiger partial charge is 0.388 e. The Hall–Kier alpha value is -0.420. The zero-order valence-corrected chi connectivity index (χ0v) is 15.3. The van der Waals surface area contributed by atoms with Gasteiger partial charge in [-0.1, -0.05) is 48.0 Å². The van der Waals surface area contributed by atoms with Crippen LogP contribution < -0.4 is 0 Å². The van der Waals surface area contributed by atoms with E-state index in [-0.39, 0.29) is 0 Å². The van der Waals surface area contributed by atoms with Gasteiger partial charge in [-0.2, -0.15) is 0 Å². The van der Waals surface area contributed by atoms with Crippen molar-refractivity contribution in [2.75, 3.05) is 40.3 Å². The van der Waals surface area contributed by atoms with Gasteiger partial charge < -0.3 is 14.9 Å². The van der Waals surface area contributed by atoms with Crippen LogP contribution in [0.4, 0.5) is 0 Å². The standard InChI is InChI=1S/C17H29BrN2O/c1-14(2)13-20(12-11-19(3)4)10-9-17(21)15-7-5-6-8-16(15)18/h5-8,14,17,21H,9-13H2,1-4H3. The molecule has 0 bridgehead atoms. The lowest BCUT2D eigenvalue weighted by atomic mass is 10.1. The number of benzene rings is 1. The van der Waals surface area contributed by atoms with Crippen LogP contribution in [0.2, 0.25) is 0 Å². The Kier molecular flexibility index (Phi) is 8.49. The van der Waals surface area contributed by atoms with Crippen LogP contribution in [0.5, 0.6) is 0 Å². The second kappa shape index (κ2) is 9.57. The highest BCUT2D eigenvalue weighted by Crippen LogP contribution is 2.25. The number of hydrogen-bond acceptors (Lipinski definition) is 3. The summed E-state index contributed by atoms with van der Waals surface area (Å²) in [4.78, 5) is 4.66. The summed E-state index contributed by atoms with van der Waals surface area (Å²) in [7, 11) is 4.20. The summed E-state index contributed by atoms with van der Waals surface area (Å²) in [6, 6.07) is 7.92. The maximum absolute atomic E-state index is 10.4. The van der Waals surface area contributed by atoms with E-state index in [1.807, 2.05) is 24.3 Å². The molecule has 0 amide bonds. The molecule has 0 aromatic heterocycles. The minimum Gasteiger partial charge on any atom is -0.388 e. The molecule has 1 N–H and O–H groups in total. The topological polar surface area (TPSA) is 26.7 Å². The first kappa shape index (κ1) is 18.6. The third kappa shape index (κ3) is 7.41. The van der Waals surface area contributed by atoms with E-state index in [1.165, 1.54) is 0 Å². The molecule has 1 atom stereocenters. The molecular formula is C17H29BrN2O. The van der Waals surface area contributed by atoms with Crippen molar-refractivity contribution >= 4 is 15.9 Å². The third-order valence-electron chi connectivity index (χ3n) is 3.47. The lowest BCUT2D eigenvalue weighted by Gasteiger charge is -2.27. The fraction of sp³-hybridized carbons (Fsp3) is 0.647. The van der Waals surface area contributed by atoms with Crippen molar-refractivity contribution in [1.29, 1.82) is 0 Å². The fourth-order valence-corrected chi connectivity index (χ4v) is 2.91. The molecule has 1 aromatic rings. The van der Waals surface area contributed by atoms with Crippen LogP contribution >= 0.6 is 15.9 Å². The summed E-state index contributed by atoms with van der Waals surface area (Å²) >= 11 is 3.51. The quantitative estimate of drug-likeness (QED) is 0.734. The number of nitrogens with zero attached hydrogens (tertiary/aromatic N) is 2. The van der Waals surface area contributed by atoms with Gasteiger partial charge in [0.15, 0.2) is 0 Å². The molecule has 120 valence electrons. The molecular weight excluding hydrogens is 328 g/mol. The molecule has 1 aromatic carbocycles. The van der Waals surface area contributed by atoms with Crippen LogP contribution in [-0.2, 0) is 0 Å². The molecule has 0 heterocycles. The van der Waals surface area contributed by atoms with Gasteiger partial charge in [-0.25, -0.2) is 0 Å². The molecule has 4 heteroatoms. The molecule has 0 aliphatic rings. The van der Waals surface area contributed by atoms with E-state index in [0.717, 1.165) is 42.6 Å². The highest BCUT2D eigenvalue weighted by molar-refractivity contribution is 9.10. The van der Waals surface area contributed by atoms with Gasteiger partial charge in [-0.15, -0.1) is 0 Å². The number of hydrogen-bond donors (Lipinski definition) is 1. The predicted octanol–water partition coefficient (Wildman–Crippen LogP) is 3.39. The van der Waals surface area contributed by atoms with Crippen molar-refractivity contribution in [2.45, 2.75) is 26.4 Å². The molecule has 0 aliphatic heterocycles. The lowest BCUT2D eigenvalue weighted by molar-refractivity contribution is 0.133. The van der Waals surface area contributed by atoms with E-state index in [9.17, 15) is 5.11 Å². The molecule has 3 nitrogen and oxygen atoms in total. The van der Waals surface area contributed by atoms with Crippen molar-refractivity contribution < 1.29 is 5.11 Å².